The minimum Gasteiger partial charge on any atom is -0.481 e. The van der Waals surface area contributed by atoms with Crippen molar-refractivity contribution in [2.75, 3.05) is 24.2 Å². The van der Waals surface area contributed by atoms with Crippen molar-refractivity contribution in [3.8, 4) is 0 Å². The van der Waals surface area contributed by atoms with Gasteiger partial charge in [-0.05, 0) is 19.1 Å². The van der Waals surface area contributed by atoms with E-state index in [-0.39, 0.29) is 17.1 Å². The van der Waals surface area contributed by atoms with Crippen LogP contribution in [-0.4, -0.2) is 45.1 Å². The summed E-state index contributed by atoms with van der Waals surface area (Å²) in [5.74, 6) is -0.539. The summed E-state index contributed by atoms with van der Waals surface area (Å²) in [5, 5.41) is 11.0. The van der Waals surface area contributed by atoms with Gasteiger partial charge in [-0.25, -0.2) is 8.42 Å². The lowest BCUT2D eigenvalue weighted by atomic mass is 10.1. The molecule has 0 bridgehead atoms. The maximum Gasteiger partial charge on any atom is 0.293 e. The molecular weight excluding hydrogens is 326 g/mol. The average molecular weight is 343 g/mol. The van der Waals surface area contributed by atoms with Gasteiger partial charge < -0.3 is 4.74 Å². The fourth-order valence-electron chi connectivity index (χ4n) is 1.69. The van der Waals surface area contributed by atoms with Crippen LogP contribution in [-0.2, 0) is 14.8 Å². The lowest BCUT2D eigenvalue weighted by Gasteiger charge is -2.17. The molecule has 126 valence electrons. The molecule has 1 aromatic rings. The number of hydrogen-bond acceptors (Lipinski definition) is 6. The molecule has 0 N–H and O–H groups in total. The summed E-state index contributed by atoms with van der Waals surface area (Å²) < 4.78 is 29.0. The first-order valence-electron chi connectivity index (χ1n) is 6.52. The number of nitro benzene ring substituents is 1. The average Bonchev–Trinajstić information content (AvgIpc) is 2.44. The Morgan fingerprint density at radius 1 is 1.43 bits per heavy atom. The highest BCUT2D eigenvalue weighted by Gasteiger charge is 2.24. The molecule has 0 saturated carbocycles. The molecule has 23 heavy (non-hydrogen) atoms. The van der Waals surface area contributed by atoms with Crippen LogP contribution in [0.2, 0.25) is 0 Å². The molecule has 9 nitrogen and oxygen atoms in total. The highest BCUT2D eigenvalue weighted by molar-refractivity contribution is 7.92. The highest BCUT2D eigenvalue weighted by Crippen LogP contribution is 2.30. The van der Waals surface area contributed by atoms with Crippen molar-refractivity contribution < 1.29 is 22.9 Å². The molecular formula is C13H17N3O6S. The van der Waals surface area contributed by atoms with Crippen molar-refractivity contribution in [2.45, 2.75) is 13.8 Å². The predicted octanol–water partition coefficient (Wildman–Crippen LogP) is 1.59. The van der Waals surface area contributed by atoms with E-state index in [4.69, 9.17) is 4.74 Å². The van der Waals surface area contributed by atoms with Crippen molar-refractivity contribution in [3.05, 3.63) is 33.9 Å². The fraction of sp³-hybridized carbons (Fsp3) is 0.385. The van der Waals surface area contributed by atoms with Crippen LogP contribution in [0.5, 0.6) is 0 Å². The van der Waals surface area contributed by atoms with Gasteiger partial charge in [0.2, 0.25) is 10.0 Å². The highest BCUT2D eigenvalue weighted by atomic mass is 32.2. The molecule has 1 amide bonds. The number of benzene rings is 1. The van der Waals surface area contributed by atoms with Crippen LogP contribution < -0.4 is 4.31 Å². The van der Waals surface area contributed by atoms with E-state index in [1.807, 2.05) is 0 Å². The second-order valence-corrected chi connectivity index (χ2v) is 6.57. The molecule has 0 saturated heterocycles. The van der Waals surface area contributed by atoms with Crippen LogP contribution in [0, 0.1) is 10.1 Å². The van der Waals surface area contributed by atoms with E-state index in [0.717, 1.165) is 22.7 Å². The minimum atomic E-state index is -3.73. The Labute approximate surface area is 133 Å². The Morgan fingerprint density at radius 3 is 2.52 bits per heavy atom. The number of hydrogen-bond donors (Lipinski definition) is 0. The molecule has 0 unspecified atom stereocenters. The smallest absolute Gasteiger partial charge is 0.293 e. The standard InChI is InChI=1S/C13H17N3O6S/c1-5-22-9(2)14-13(17)10-6-7-11(16(18)19)12(8-10)15(3)23(4,20)21/h6-8H,5H2,1-4H3/b14-9-. The number of amides is 1. The van der Waals surface area contributed by atoms with Crippen LogP contribution in [0.25, 0.3) is 0 Å². The van der Waals surface area contributed by atoms with Gasteiger partial charge >= 0.3 is 0 Å². The van der Waals surface area contributed by atoms with Gasteiger partial charge in [0.25, 0.3) is 11.6 Å². The third-order valence-corrected chi connectivity index (χ3v) is 4.06. The fourth-order valence-corrected chi connectivity index (χ4v) is 2.19. The number of ether oxygens (including phenoxy) is 1. The number of aliphatic imine (C=N–C) groups is 1. The van der Waals surface area contributed by atoms with E-state index in [0.29, 0.717) is 6.61 Å². The number of nitrogens with zero attached hydrogens (tertiary/aromatic N) is 3. The molecule has 0 aliphatic rings. The molecule has 0 aromatic heterocycles. The lowest BCUT2D eigenvalue weighted by Crippen LogP contribution is -2.25. The monoisotopic (exact) mass is 343 g/mol. The third-order valence-electron chi connectivity index (χ3n) is 2.87. The van der Waals surface area contributed by atoms with Gasteiger partial charge in [0.05, 0.1) is 17.8 Å². The molecule has 0 aliphatic heterocycles. The summed E-state index contributed by atoms with van der Waals surface area (Å²) in [6.45, 7) is 3.57. The number of anilines is 1. The van der Waals surface area contributed by atoms with Crippen LogP contribution >= 0.6 is 0 Å². The topological polar surface area (TPSA) is 119 Å². The summed E-state index contributed by atoms with van der Waals surface area (Å²) in [7, 11) is -2.56. The first kappa shape index (κ1) is 18.6. The van der Waals surface area contributed by atoms with Crippen molar-refractivity contribution in [3.63, 3.8) is 0 Å². The summed E-state index contributed by atoms with van der Waals surface area (Å²) in [5.41, 5.74) is -0.632. The van der Waals surface area contributed by atoms with Gasteiger partial charge in [0, 0.05) is 25.6 Å². The van der Waals surface area contributed by atoms with Gasteiger partial charge in [-0.15, -0.1) is 0 Å². The number of sulfonamides is 1. The Bertz CT molecular complexity index is 757. The van der Waals surface area contributed by atoms with Crippen molar-refractivity contribution in [1.29, 1.82) is 0 Å². The molecule has 10 heteroatoms. The molecule has 0 radical (unpaired) electrons. The van der Waals surface area contributed by atoms with Gasteiger partial charge in [0.15, 0.2) is 5.90 Å². The van der Waals surface area contributed by atoms with Crippen LogP contribution in [0.4, 0.5) is 11.4 Å². The van der Waals surface area contributed by atoms with E-state index in [1.165, 1.54) is 20.0 Å². The Balaban J connectivity index is 3.37. The zero-order valence-corrected chi connectivity index (χ0v) is 14.0. The van der Waals surface area contributed by atoms with E-state index >= 15 is 0 Å². The van der Waals surface area contributed by atoms with E-state index in [9.17, 15) is 23.3 Å². The van der Waals surface area contributed by atoms with Gasteiger partial charge in [-0.1, -0.05) is 0 Å². The molecule has 0 fully saturated rings. The van der Waals surface area contributed by atoms with Crippen molar-refractivity contribution in [2.24, 2.45) is 4.99 Å². The van der Waals surface area contributed by atoms with Crippen LogP contribution in [0.3, 0.4) is 0 Å². The molecule has 0 heterocycles. The molecule has 1 rings (SSSR count). The summed E-state index contributed by atoms with van der Waals surface area (Å²) in [4.78, 5) is 26.0. The Hall–Kier alpha value is -2.49. The lowest BCUT2D eigenvalue weighted by molar-refractivity contribution is -0.384. The molecule has 0 spiro atoms. The quantitative estimate of drug-likeness (QED) is 0.346. The number of nitro groups is 1. The maximum absolute atomic E-state index is 12.0. The van der Waals surface area contributed by atoms with Crippen molar-refractivity contribution >= 4 is 33.2 Å². The molecule has 1 aromatic carbocycles. The second kappa shape index (κ2) is 7.18. The predicted molar refractivity (Wildman–Crippen MR) is 85.4 cm³/mol. The van der Waals surface area contributed by atoms with Gasteiger partial charge in [-0.3, -0.25) is 19.2 Å². The first-order valence-corrected chi connectivity index (χ1v) is 8.37. The molecule has 0 atom stereocenters. The SMILES string of the molecule is CCO/C(C)=N\C(=O)c1ccc([N+](=O)[O-])c(N(C)S(C)(=O)=O)c1. The van der Waals surface area contributed by atoms with Gasteiger partial charge in [-0.2, -0.15) is 4.99 Å². The minimum absolute atomic E-state index is 0.0140. The Kier molecular flexibility index (Phi) is 5.79. The van der Waals surface area contributed by atoms with Crippen LogP contribution in [0.1, 0.15) is 24.2 Å². The summed E-state index contributed by atoms with van der Waals surface area (Å²) in [6.07, 6.45) is 0.905. The zero-order chi connectivity index (χ0) is 17.8. The van der Waals surface area contributed by atoms with E-state index in [1.54, 1.807) is 6.92 Å². The summed E-state index contributed by atoms with van der Waals surface area (Å²) in [6, 6.07) is 3.39. The Morgan fingerprint density at radius 2 is 2.04 bits per heavy atom. The van der Waals surface area contributed by atoms with E-state index < -0.39 is 26.5 Å². The maximum atomic E-state index is 12.0. The number of rotatable bonds is 5. The van der Waals surface area contributed by atoms with Gasteiger partial charge in [0.1, 0.15) is 5.69 Å². The van der Waals surface area contributed by atoms with Crippen LogP contribution in [0.15, 0.2) is 23.2 Å². The number of carbonyl (C=O) groups excluding carboxylic acids is 1. The summed E-state index contributed by atoms with van der Waals surface area (Å²) >= 11 is 0. The van der Waals surface area contributed by atoms with E-state index in [2.05, 4.69) is 4.99 Å². The largest absolute Gasteiger partial charge is 0.481 e. The zero-order valence-electron chi connectivity index (χ0n) is 13.1. The molecule has 0 aliphatic carbocycles. The third kappa shape index (κ3) is 4.74. The normalized spacial score (nSPS) is 11.9. The number of carbonyl (C=O) groups is 1. The first-order chi connectivity index (χ1) is 10.6. The second-order valence-electron chi connectivity index (χ2n) is 4.56. The van der Waals surface area contributed by atoms with Crippen molar-refractivity contribution in [1.82, 2.24) is 0 Å².